The molecule has 0 saturated heterocycles. The molecule has 118 valence electrons. The van der Waals surface area contributed by atoms with Gasteiger partial charge in [-0.05, 0) is 38.8 Å². The topological polar surface area (TPSA) is 38.8 Å². The molecule has 0 saturated carbocycles. The molecular weight excluding hydrogens is 266 g/mol. The van der Waals surface area contributed by atoms with Gasteiger partial charge >= 0.3 is 0 Å². The monoisotopic (exact) mass is 293 g/mol. The fraction of sp³-hybridized carbons (Fsp3) is 0.588. The second-order valence-electron chi connectivity index (χ2n) is 5.29. The molecule has 21 heavy (non-hydrogen) atoms. The molecule has 4 nitrogen and oxygen atoms in total. The number of benzene rings is 1. The van der Waals surface area contributed by atoms with Gasteiger partial charge in [-0.1, -0.05) is 13.8 Å². The van der Waals surface area contributed by atoms with Crippen LogP contribution in [0.25, 0.3) is 0 Å². The van der Waals surface area contributed by atoms with Crippen LogP contribution in [-0.4, -0.2) is 37.1 Å². The zero-order valence-electron chi connectivity index (χ0n) is 14.0. The fourth-order valence-electron chi connectivity index (χ4n) is 2.34. The summed E-state index contributed by atoms with van der Waals surface area (Å²) < 4.78 is 10.5. The van der Waals surface area contributed by atoms with E-state index < -0.39 is 0 Å². The van der Waals surface area contributed by atoms with Crippen LogP contribution in [0.15, 0.2) is 18.2 Å². The van der Waals surface area contributed by atoms with Crippen LogP contribution >= 0.6 is 0 Å². The highest BCUT2D eigenvalue weighted by Gasteiger charge is 2.26. The molecule has 1 aromatic carbocycles. The van der Waals surface area contributed by atoms with Crippen molar-refractivity contribution >= 4 is 5.91 Å². The Bertz CT molecular complexity index is 463. The van der Waals surface area contributed by atoms with Crippen LogP contribution < -0.4 is 9.47 Å². The number of ether oxygens (including phenoxy) is 2. The fourth-order valence-corrected chi connectivity index (χ4v) is 2.34. The summed E-state index contributed by atoms with van der Waals surface area (Å²) in [6.07, 6.45) is 1.85. The third-order valence-electron chi connectivity index (χ3n) is 4.00. The third kappa shape index (κ3) is 3.90. The van der Waals surface area contributed by atoms with Crippen molar-refractivity contribution in [1.29, 1.82) is 0 Å². The second-order valence-corrected chi connectivity index (χ2v) is 5.29. The summed E-state index contributed by atoms with van der Waals surface area (Å²) in [5.74, 6) is 1.25. The number of rotatable bonds is 7. The summed E-state index contributed by atoms with van der Waals surface area (Å²) in [5, 5.41) is 0. The standard InChI is InChI=1S/C17H27NO3/c1-7-12(3)18(13(4)8-2)17(19)15-10-9-14(20-5)11-16(15)21-6/h9-13H,7-8H2,1-6H3. The summed E-state index contributed by atoms with van der Waals surface area (Å²) in [5.41, 5.74) is 0.582. The Kier molecular flexibility index (Phi) is 6.53. The first-order valence-electron chi connectivity index (χ1n) is 7.54. The zero-order valence-corrected chi connectivity index (χ0v) is 14.0. The van der Waals surface area contributed by atoms with Crippen LogP contribution in [0, 0.1) is 0 Å². The Morgan fingerprint density at radius 3 is 2.10 bits per heavy atom. The molecule has 0 N–H and O–H groups in total. The van der Waals surface area contributed by atoms with E-state index in [2.05, 4.69) is 27.7 Å². The Labute approximate surface area is 128 Å². The van der Waals surface area contributed by atoms with Gasteiger partial charge in [0.05, 0.1) is 19.8 Å². The number of amides is 1. The second kappa shape index (κ2) is 7.91. The smallest absolute Gasteiger partial charge is 0.258 e. The summed E-state index contributed by atoms with van der Waals surface area (Å²) in [4.78, 5) is 14.9. The number of carbonyl (C=O) groups is 1. The van der Waals surface area contributed by atoms with E-state index >= 15 is 0 Å². The molecule has 1 amide bonds. The molecule has 1 rings (SSSR count). The number of methoxy groups -OCH3 is 2. The van der Waals surface area contributed by atoms with E-state index in [-0.39, 0.29) is 18.0 Å². The first kappa shape index (κ1) is 17.3. The first-order valence-corrected chi connectivity index (χ1v) is 7.54. The van der Waals surface area contributed by atoms with Gasteiger partial charge < -0.3 is 14.4 Å². The molecule has 0 radical (unpaired) electrons. The van der Waals surface area contributed by atoms with Crippen LogP contribution in [0.2, 0.25) is 0 Å². The molecule has 0 heterocycles. The molecule has 0 aromatic heterocycles. The lowest BCUT2D eigenvalue weighted by molar-refractivity contribution is 0.0595. The minimum Gasteiger partial charge on any atom is -0.497 e. The van der Waals surface area contributed by atoms with Crippen molar-refractivity contribution in [3.8, 4) is 11.5 Å². The Balaban J connectivity index is 3.20. The van der Waals surface area contributed by atoms with Gasteiger partial charge in [0.15, 0.2) is 0 Å². The Morgan fingerprint density at radius 1 is 1.10 bits per heavy atom. The molecule has 0 aliphatic heterocycles. The van der Waals surface area contributed by atoms with Crippen molar-refractivity contribution in [2.75, 3.05) is 14.2 Å². The van der Waals surface area contributed by atoms with Crippen molar-refractivity contribution in [3.05, 3.63) is 23.8 Å². The molecule has 0 bridgehead atoms. The zero-order chi connectivity index (χ0) is 16.0. The maximum atomic E-state index is 12.9. The predicted octanol–water partition coefficient (Wildman–Crippen LogP) is 3.74. The van der Waals surface area contributed by atoms with Crippen LogP contribution in [0.1, 0.15) is 50.9 Å². The average Bonchev–Trinajstić information content (AvgIpc) is 2.53. The van der Waals surface area contributed by atoms with E-state index in [4.69, 9.17) is 9.47 Å². The summed E-state index contributed by atoms with van der Waals surface area (Å²) in [7, 11) is 3.17. The molecule has 1 aromatic rings. The molecule has 4 heteroatoms. The Hall–Kier alpha value is -1.71. The number of hydrogen-bond acceptors (Lipinski definition) is 3. The predicted molar refractivity (Wildman–Crippen MR) is 85.2 cm³/mol. The molecule has 2 atom stereocenters. The summed E-state index contributed by atoms with van der Waals surface area (Å²) >= 11 is 0. The summed E-state index contributed by atoms with van der Waals surface area (Å²) in [6, 6.07) is 5.70. The van der Waals surface area contributed by atoms with Gasteiger partial charge in [-0.2, -0.15) is 0 Å². The van der Waals surface area contributed by atoms with Crippen LogP contribution in [0.4, 0.5) is 0 Å². The maximum absolute atomic E-state index is 12.9. The van der Waals surface area contributed by atoms with Gasteiger partial charge in [-0.25, -0.2) is 0 Å². The van der Waals surface area contributed by atoms with Gasteiger partial charge in [0.25, 0.3) is 5.91 Å². The lowest BCUT2D eigenvalue weighted by Gasteiger charge is -2.34. The van der Waals surface area contributed by atoms with Crippen molar-refractivity contribution < 1.29 is 14.3 Å². The van der Waals surface area contributed by atoms with E-state index in [1.165, 1.54) is 0 Å². The molecule has 0 spiro atoms. The lowest BCUT2D eigenvalue weighted by Crippen LogP contribution is -2.44. The minimum absolute atomic E-state index is 0.0122. The quantitative estimate of drug-likeness (QED) is 0.768. The van der Waals surface area contributed by atoms with E-state index in [0.29, 0.717) is 17.1 Å². The van der Waals surface area contributed by atoms with Crippen LogP contribution in [0.5, 0.6) is 11.5 Å². The first-order chi connectivity index (χ1) is 9.99. The maximum Gasteiger partial charge on any atom is 0.258 e. The largest absolute Gasteiger partial charge is 0.497 e. The number of carbonyl (C=O) groups excluding carboxylic acids is 1. The van der Waals surface area contributed by atoms with Gasteiger partial charge in [0.1, 0.15) is 11.5 Å². The average molecular weight is 293 g/mol. The molecule has 0 aliphatic carbocycles. The normalized spacial score (nSPS) is 13.4. The van der Waals surface area contributed by atoms with Crippen LogP contribution in [-0.2, 0) is 0 Å². The summed E-state index contributed by atoms with van der Waals surface area (Å²) in [6.45, 7) is 8.36. The van der Waals surface area contributed by atoms with E-state index in [0.717, 1.165) is 12.8 Å². The SMILES string of the molecule is CCC(C)N(C(=O)c1ccc(OC)cc1OC)C(C)CC. The van der Waals surface area contributed by atoms with E-state index in [9.17, 15) is 4.79 Å². The van der Waals surface area contributed by atoms with Gasteiger partial charge in [-0.3, -0.25) is 4.79 Å². The van der Waals surface area contributed by atoms with Gasteiger partial charge in [0.2, 0.25) is 0 Å². The van der Waals surface area contributed by atoms with Gasteiger partial charge in [-0.15, -0.1) is 0 Å². The molecule has 0 aliphatic rings. The van der Waals surface area contributed by atoms with Crippen molar-refractivity contribution in [2.24, 2.45) is 0 Å². The highest BCUT2D eigenvalue weighted by Crippen LogP contribution is 2.27. The van der Waals surface area contributed by atoms with Gasteiger partial charge in [0, 0.05) is 18.2 Å². The third-order valence-corrected chi connectivity index (χ3v) is 4.00. The van der Waals surface area contributed by atoms with Crippen molar-refractivity contribution in [2.45, 2.75) is 52.6 Å². The van der Waals surface area contributed by atoms with E-state index in [1.807, 2.05) is 4.90 Å². The van der Waals surface area contributed by atoms with Crippen molar-refractivity contribution in [1.82, 2.24) is 4.90 Å². The highest BCUT2D eigenvalue weighted by molar-refractivity contribution is 5.97. The van der Waals surface area contributed by atoms with Crippen molar-refractivity contribution in [3.63, 3.8) is 0 Å². The van der Waals surface area contributed by atoms with E-state index in [1.54, 1.807) is 32.4 Å². The number of hydrogen-bond donors (Lipinski definition) is 0. The Morgan fingerprint density at radius 2 is 1.67 bits per heavy atom. The molecular formula is C17H27NO3. The van der Waals surface area contributed by atoms with Crippen LogP contribution in [0.3, 0.4) is 0 Å². The number of nitrogens with zero attached hydrogens (tertiary/aromatic N) is 1. The molecule has 0 fully saturated rings. The lowest BCUT2D eigenvalue weighted by atomic mass is 10.1. The minimum atomic E-state index is 0.0122. The molecule has 2 unspecified atom stereocenters. The highest BCUT2D eigenvalue weighted by atomic mass is 16.5.